The van der Waals surface area contributed by atoms with Crippen molar-refractivity contribution in [2.24, 2.45) is 0 Å². The van der Waals surface area contributed by atoms with Crippen molar-refractivity contribution in [3.63, 3.8) is 0 Å². The minimum Gasteiger partial charge on any atom is -0.481 e. The first-order valence-electron chi connectivity index (χ1n) is 6.15. The molecule has 1 aromatic rings. The quantitative estimate of drug-likeness (QED) is 0.771. The first kappa shape index (κ1) is 15.1. The number of hydrogen-bond acceptors (Lipinski definition) is 3. The van der Waals surface area contributed by atoms with Crippen molar-refractivity contribution in [3.8, 4) is 0 Å². The molecule has 0 amide bonds. The van der Waals surface area contributed by atoms with Crippen molar-refractivity contribution in [1.82, 2.24) is 4.90 Å². The van der Waals surface area contributed by atoms with Gasteiger partial charge in [-0.15, -0.1) is 11.8 Å². The van der Waals surface area contributed by atoms with Crippen molar-refractivity contribution >= 4 is 17.7 Å². The number of carbonyl (C=O) groups is 1. The highest BCUT2D eigenvalue weighted by atomic mass is 32.2. The van der Waals surface area contributed by atoms with E-state index in [4.69, 9.17) is 5.11 Å². The van der Waals surface area contributed by atoms with Crippen molar-refractivity contribution < 1.29 is 9.90 Å². The van der Waals surface area contributed by atoms with E-state index in [-0.39, 0.29) is 12.5 Å². The summed E-state index contributed by atoms with van der Waals surface area (Å²) in [5.74, 6) is -0.737. The summed E-state index contributed by atoms with van der Waals surface area (Å²) in [7, 11) is 0. The summed E-state index contributed by atoms with van der Waals surface area (Å²) >= 11 is 1.73. The molecule has 0 heterocycles. The second-order valence-corrected chi connectivity index (χ2v) is 5.24. The molecule has 1 unspecified atom stereocenters. The standard InChI is InChI=1S/C14H21NO2S/c1-4-15(11(2)9-14(16)17)10-12-5-7-13(18-3)8-6-12/h5-8,11H,4,9-10H2,1-3H3,(H,16,17). The number of thioether (sulfide) groups is 1. The molecule has 3 nitrogen and oxygen atoms in total. The van der Waals surface area contributed by atoms with Crippen LogP contribution in [0.15, 0.2) is 29.2 Å². The Balaban J connectivity index is 2.63. The molecule has 0 aliphatic rings. The SMILES string of the molecule is CCN(Cc1ccc(SC)cc1)C(C)CC(=O)O. The van der Waals surface area contributed by atoms with Gasteiger partial charge in [0.05, 0.1) is 6.42 Å². The van der Waals surface area contributed by atoms with Gasteiger partial charge < -0.3 is 5.11 Å². The number of carboxylic acids is 1. The number of nitrogens with zero attached hydrogens (tertiary/aromatic N) is 1. The van der Waals surface area contributed by atoms with Crippen molar-refractivity contribution in [2.45, 2.75) is 37.8 Å². The minimum absolute atomic E-state index is 0.0627. The fourth-order valence-corrected chi connectivity index (χ4v) is 2.33. The molecule has 1 N–H and O–H groups in total. The zero-order valence-electron chi connectivity index (χ0n) is 11.2. The van der Waals surface area contributed by atoms with Gasteiger partial charge in [-0.2, -0.15) is 0 Å². The zero-order valence-corrected chi connectivity index (χ0v) is 12.0. The van der Waals surface area contributed by atoms with E-state index in [1.807, 2.05) is 6.92 Å². The molecule has 0 radical (unpaired) electrons. The molecule has 4 heteroatoms. The summed E-state index contributed by atoms with van der Waals surface area (Å²) in [4.78, 5) is 14.2. The molecule has 0 fully saturated rings. The van der Waals surface area contributed by atoms with Gasteiger partial charge in [0.15, 0.2) is 0 Å². The number of carboxylic acid groups (broad SMARTS) is 1. The number of rotatable bonds is 7. The molecule has 0 aliphatic carbocycles. The molecular weight excluding hydrogens is 246 g/mol. The molecule has 1 aromatic carbocycles. The van der Waals surface area contributed by atoms with Crippen LogP contribution in [0, 0.1) is 0 Å². The van der Waals surface area contributed by atoms with Gasteiger partial charge in [-0.05, 0) is 37.4 Å². The monoisotopic (exact) mass is 267 g/mol. The third-order valence-electron chi connectivity index (χ3n) is 3.04. The summed E-state index contributed by atoms with van der Waals surface area (Å²) in [5, 5.41) is 8.83. The van der Waals surface area contributed by atoms with Gasteiger partial charge in [0, 0.05) is 17.5 Å². The van der Waals surface area contributed by atoms with E-state index < -0.39 is 5.97 Å². The summed E-state index contributed by atoms with van der Waals surface area (Å²) < 4.78 is 0. The largest absolute Gasteiger partial charge is 0.481 e. The molecule has 0 spiro atoms. The Kier molecular flexibility index (Phi) is 6.22. The normalized spacial score (nSPS) is 12.7. The van der Waals surface area contributed by atoms with Crippen LogP contribution in [-0.2, 0) is 11.3 Å². The number of aliphatic carboxylic acids is 1. The fourth-order valence-electron chi connectivity index (χ4n) is 1.93. The highest BCUT2D eigenvalue weighted by molar-refractivity contribution is 7.98. The smallest absolute Gasteiger partial charge is 0.304 e. The topological polar surface area (TPSA) is 40.5 Å². The lowest BCUT2D eigenvalue weighted by molar-refractivity contribution is -0.138. The molecule has 0 saturated heterocycles. The van der Waals surface area contributed by atoms with Gasteiger partial charge in [-0.3, -0.25) is 9.69 Å². The molecular formula is C14H21NO2S. The Morgan fingerprint density at radius 2 is 2.00 bits per heavy atom. The second-order valence-electron chi connectivity index (χ2n) is 4.36. The number of hydrogen-bond donors (Lipinski definition) is 1. The zero-order chi connectivity index (χ0) is 13.5. The van der Waals surface area contributed by atoms with Gasteiger partial charge in [-0.25, -0.2) is 0 Å². The highest BCUT2D eigenvalue weighted by Crippen LogP contribution is 2.17. The van der Waals surface area contributed by atoms with Crippen LogP contribution in [0.25, 0.3) is 0 Å². The van der Waals surface area contributed by atoms with E-state index in [2.05, 4.69) is 42.3 Å². The van der Waals surface area contributed by atoms with E-state index in [0.717, 1.165) is 13.1 Å². The molecule has 0 aliphatic heterocycles. The summed E-state index contributed by atoms with van der Waals surface area (Å²) in [6.45, 7) is 5.70. The van der Waals surface area contributed by atoms with Crippen LogP contribution in [-0.4, -0.2) is 34.8 Å². The molecule has 1 atom stereocenters. The number of benzene rings is 1. The van der Waals surface area contributed by atoms with E-state index in [0.29, 0.717) is 0 Å². The van der Waals surface area contributed by atoms with Crippen LogP contribution in [0.5, 0.6) is 0 Å². The second kappa shape index (κ2) is 7.44. The van der Waals surface area contributed by atoms with Crippen molar-refractivity contribution in [1.29, 1.82) is 0 Å². The van der Waals surface area contributed by atoms with E-state index in [9.17, 15) is 4.79 Å². The lowest BCUT2D eigenvalue weighted by Gasteiger charge is -2.26. The summed E-state index contributed by atoms with van der Waals surface area (Å²) in [5.41, 5.74) is 1.23. The highest BCUT2D eigenvalue weighted by Gasteiger charge is 2.15. The van der Waals surface area contributed by atoms with E-state index in [1.54, 1.807) is 11.8 Å². The van der Waals surface area contributed by atoms with Crippen LogP contribution in [0.4, 0.5) is 0 Å². The molecule has 100 valence electrons. The van der Waals surface area contributed by atoms with Crippen molar-refractivity contribution in [2.75, 3.05) is 12.8 Å². The molecule has 0 aromatic heterocycles. The predicted octanol–water partition coefficient (Wildman–Crippen LogP) is 3.09. The summed E-state index contributed by atoms with van der Waals surface area (Å²) in [6.07, 6.45) is 2.25. The van der Waals surface area contributed by atoms with Gasteiger partial charge in [0.25, 0.3) is 0 Å². The van der Waals surface area contributed by atoms with Crippen molar-refractivity contribution in [3.05, 3.63) is 29.8 Å². The van der Waals surface area contributed by atoms with Gasteiger partial charge in [0.1, 0.15) is 0 Å². The van der Waals surface area contributed by atoms with Gasteiger partial charge >= 0.3 is 5.97 Å². The van der Waals surface area contributed by atoms with E-state index in [1.165, 1.54) is 10.5 Å². The average molecular weight is 267 g/mol. The lowest BCUT2D eigenvalue weighted by Crippen LogP contribution is -2.34. The lowest BCUT2D eigenvalue weighted by atomic mass is 10.1. The molecule has 1 rings (SSSR count). The summed E-state index contributed by atoms with van der Waals surface area (Å²) in [6, 6.07) is 8.50. The maximum atomic E-state index is 10.7. The van der Waals surface area contributed by atoms with Crippen LogP contribution >= 0.6 is 11.8 Å². The molecule has 18 heavy (non-hydrogen) atoms. The van der Waals surface area contributed by atoms with Gasteiger partial charge in [-0.1, -0.05) is 19.1 Å². The van der Waals surface area contributed by atoms with E-state index >= 15 is 0 Å². The predicted molar refractivity (Wildman–Crippen MR) is 76.0 cm³/mol. The third kappa shape index (κ3) is 4.70. The molecule has 0 saturated carbocycles. The van der Waals surface area contributed by atoms with Crippen LogP contribution in [0.2, 0.25) is 0 Å². The Morgan fingerprint density at radius 3 is 2.44 bits per heavy atom. The van der Waals surface area contributed by atoms with Crippen LogP contribution < -0.4 is 0 Å². The van der Waals surface area contributed by atoms with Gasteiger partial charge in [0.2, 0.25) is 0 Å². The Hall–Kier alpha value is -1.00. The minimum atomic E-state index is -0.737. The third-order valence-corrected chi connectivity index (χ3v) is 3.79. The van der Waals surface area contributed by atoms with Crippen LogP contribution in [0.1, 0.15) is 25.8 Å². The first-order valence-corrected chi connectivity index (χ1v) is 7.38. The maximum Gasteiger partial charge on any atom is 0.304 e. The van der Waals surface area contributed by atoms with Crippen LogP contribution in [0.3, 0.4) is 0 Å². The fraction of sp³-hybridized carbons (Fsp3) is 0.500. The first-order chi connectivity index (χ1) is 8.56. The maximum absolute atomic E-state index is 10.7. The average Bonchev–Trinajstić information content (AvgIpc) is 2.35. The Morgan fingerprint density at radius 1 is 1.39 bits per heavy atom. The Bertz CT molecular complexity index is 378. The molecule has 0 bridgehead atoms. The Labute approximate surface area is 113 Å².